The second-order valence-electron chi connectivity index (χ2n) is 4.15. The van der Waals surface area contributed by atoms with E-state index in [1.807, 2.05) is 47.8 Å². The summed E-state index contributed by atoms with van der Waals surface area (Å²) in [7, 11) is 0. The standard InChI is InChI=1S/C15H12N2OS2/c18-13(10-20-14-7-3-9-19-14)17-12-6-1-4-11-5-2-8-16-15(11)12/h1-9H,10H2,(H,17,18). The highest BCUT2D eigenvalue weighted by Crippen LogP contribution is 2.24. The average Bonchev–Trinajstić information content (AvgIpc) is 2.99. The summed E-state index contributed by atoms with van der Waals surface area (Å²) in [5.74, 6) is 0.394. The van der Waals surface area contributed by atoms with E-state index >= 15 is 0 Å². The fourth-order valence-corrected chi connectivity index (χ4v) is 3.46. The van der Waals surface area contributed by atoms with Crippen LogP contribution in [0.4, 0.5) is 5.69 Å². The Balaban J connectivity index is 1.71. The minimum Gasteiger partial charge on any atom is -0.323 e. The molecule has 2 heterocycles. The monoisotopic (exact) mass is 300 g/mol. The molecule has 0 saturated heterocycles. The number of benzene rings is 1. The first kappa shape index (κ1) is 13.1. The molecule has 0 aliphatic heterocycles. The molecule has 0 atom stereocenters. The Labute approximate surface area is 125 Å². The summed E-state index contributed by atoms with van der Waals surface area (Å²) in [6.07, 6.45) is 1.73. The zero-order chi connectivity index (χ0) is 13.8. The van der Waals surface area contributed by atoms with Crippen molar-refractivity contribution in [3.63, 3.8) is 0 Å². The highest BCUT2D eigenvalue weighted by atomic mass is 32.2. The number of hydrogen-bond acceptors (Lipinski definition) is 4. The summed E-state index contributed by atoms with van der Waals surface area (Å²) in [5, 5.41) is 5.96. The molecule has 1 amide bonds. The molecule has 100 valence electrons. The van der Waals surface area contributed by atoms with Crippen molar-refractivity contribution in [1.82, 2.24) is 4.98 Å². The molecular formula is C15H12N2OS2. The maximum absolute atomic E-state index is 12.0. The number of nitrogens with one attached hydrogen (secondary N) is 1. The van der Waals surface area contributed by atoms with Crippen molar-refractivity contribution in [2.24, 2.45) is 0 Å². The van der Waals surface area contributed by atoms with E-state index in [0.717, 1.165) is 20.8 Å². The van der Waals surface area contributed by atoms with Crippen LogP contribution < -0.4 is 5.32 Å². The lowest BCUT2D eigenvalue weighted by atomic mass is 10.2. The molecule has 20 heavy (non-hydrogen) atoms. The maximum atomic E-state index is 12.0. The number of fused-ring (bicyclic) bond motifs is 1. The van der Waals surface area contributed by atoms with Crippen LogP contribution in [0.25, 0.3) is 10.9 Å². The van der Waals surface area contributed by atoms with E-state index in [4.69, 9.17) is 0 Å². The number of nitrogens with zero attached hydrogens (tertiary/aromatic N) is 1. The molecule has 0 spiro atoms. The smallest absolute Gasteiger partial charge is 0.234 e. The Morgan fingerprint density at radius 2 is 2.10 bits per heavy atom. The van der Waals surface area contributed by atoms with Gasteiger partial charge in [-0.15, -0.1) is 23.1 Å². The summed E-state index contributed by atoms with van der Waals surface area (Å²) < 4.78 is 1.15. The SMILES string of the molecule is O=C(CSc1cccs1)Nc1cccc2cccnc12. The van der Waals surface area contributed by atoms with Gasteiger partial charge in [0.2, 0.25) is 5.91 Å². The molecular weight excluding hydrogens is 288 g/mol. The fourth-order valence-electron chi connectivity index (χ4n) is 1.87. The zero-order valence-corrected chi connectivity index (χ0v) is 12.2. The summed E-state index contributed by atoms with van der Waals surface area (Å²) in [6.45, 7) is 0. The van der Waals surface area contributed by atoms with E-state index < -0.39 is 0 Å². The van der Waals surface area contributed by atoms with Crippen molar-refractivity contribution >= 4 is 45.6 Å². The van der Waals surface area contributed by atoms with Crippen LogP contribution in [0.2, 0.25) is 0 Å². The molecule has 0 unspecified atom stereocenters. The Kier molecular flexibility index (Phi) is 3.99. The number of thioether (sulfide) groups is 1. The lowest BCUT2D eigenvalue weighted by Crippen LogP contribution is -2.14. The molecule has 3 nitrogen and oxygen atoms in total. The van der Waals surface area contributed by atoms with Crippen molar-refractivity contribution in [3.8, 4) is 0 Å². The second-order valence-corrected chi connectivity index (χ2v) is 6.37. The predicted molar refractivity (Wildman–Crippen MR) is 85.4 cm³/mol. The average molecular weight is 300 g/mol. The highest BCUT2D eigenvalue weighted by molar-refractivity contribution is 8.01. The van der Waals surface area contributed by atoms with Gasteiger partial charge >= 0.3 is 0 Å². The van der Waals surface area contributed by atoms with Crippen molar-refractivity contribution in [2.75, 3.05) is 11.1 Å². The molecule has 1 aromatic carbocycles. The topological polar surface area (TPSA) is 42.0 Å². The van der Waals surface area contributed by atoms with Crippen LogP contribution in [0.3, 0.4) is 0 Å². The van der Waals surface area contributed by atoms with Crippen LogP contribution in [0.15, 0.2) is 58.3 Å². The summed E-state index contributed by atoms with van der Waals surface area (Å²) >= 11 is 3.19. The number of carbonyl (C=O) groups is 1. The zero-order valence-electron chi connectivity index (χ0n) is 10.6. The number of thiophene rings is 1. The van der Waals surface area contributed by atoms with Gasteiger partial charge in [0.15, 0.2) is 0 Å². The van der Waals surface area contributed by atoms with Gasteiger partial charge in [-0.05, 0) is 23.6 Å². The third-order valence-corrected chi connectivity index (χ3v) is 4.88. The minimum atomic E-state index is -0.0125. The number of carbonyl (C=O) groups excluding carboxylic acids is 1. The van der Waals surface area contributed by atoms with Crippen LogP contribution in [-0.4, -0.2) is 16.6 Å². The van der Waals surface area contributed by atoms with E-state index in [1.165, 1.54) is 0 Å². The number of para-hydroxylation sites is 1. The normalized spacial score (nSPS) is 10.6. The third kappa shape index (κ3) is 3.00. The van der Waals surface area contributed by atoms with Crippen LogP contribution in [0, 0.1) is 0 Å². The Hall–Kier alpha value is -1.85. The van der Waals surface area contributed by atoms with Gasteiger partial charge in [0, 0.05) is 11.6 Å². The van der Waals surface area contributed by atoms with Gasteiger partial charge < -0.3 is 5.32 Å². The van der Waals surface area contributed by atoms with E-state index in [0.29, 0.717) is 5.75 Å². The first-order chi connectivity index (χ1) is 9.83. The van der Waals surface area contributed by atoms with E-state index in [1.54, 1.807) is 29.3 Å². The van der Waals surface area contributed by atoms with Crippen LogP contribution in [-0.2, 0) is 4.79 Å². The van der Waals surface area contributed by atoms with Crippen molar-refractivity contribution < 1.29 is 4.79 Å². The number of aromatic nitrogens is 1. The number of anilines is 1. The lowest BCUT2D eigenvalue weighted by molar-refractivity contribution is -0.113. The van der Waals surface area contributed by atoms with Crippen molar-refractivity contribution in [1.29, 1.82) is 0 Å². The van der Waals surface area contributed by atoms with Crippen LogP contribution in [0.1, 0.15) is 0 Å². The highest BCUT2D eigenvalue weighted by Gasteiger charge is 2.07. The van der Waals surface area contributed by atoms with Gasteiger partial charge in [-0.1, -0.05) is 24.3 Å². The van der Waals surface area contributed by atoms with Crippen molar-refractivity contribution in [3.05, 3.63) is 54.0 Å². The minimum absolute atomic E-state index is 0.0125. The van der Waals surface area contributed by atoms with Gasteiger partial charge in [-0.2, -0.15) is 0 Å². The summed E-state index contributed by atoms with van der Waals surface area (Å²) in [5.41, 5.74) is 1.59. The molecule has 0 bridgehead atoms. The predicted octanol–water partition coefficient (Wildman–Crippen LogP) is 4.03. The Morgan fingerprint density at radius 3 is 2.95 bits per heavy atom. The molecule has 2 aromatic heterocycles. The number of rotatable bonds is 4. The molecule has 3 aromatic rings. The van der Waals surface area contributed by atoms with Gasteiger partial charge in [-0.25, -0.2) is 0 Å². The summed E-state index contributed by atoms with van der Waals surface area (Å²) in [4.78, 5) is 16.3. The van der Waals surface area contributed by atoms with Crippen LogP contribution in [0.5, 0.6) is 0 Å². The molecule has 1 N–H and O–H groups in total. The van der Waals surface area contributed by atoms with Crippen molar-refractivity contribution in [2.45, 2.75) is 4.21 Å². The molecule has 0 saturated carbocycles. The maximum Gasteiger partial charge on any atom is 0.234 e. The molecule has 0 aliphatic carbocycles. The first-order valence-electron chi connectivity index (χ1n) is 6.13. The molecule has 5 heteroatoms. The van der Waals surface area contributed by atoms with E-state index in [-0.39, 0.29) is 5.91 Å². The van der Waals surface area contributed by atoms with Gasteiger partial charge in [0.1, 0.15) is 0 Å². The number of hydrogen-bond donors (Lipinski definition) is 1. The Morgan fingerprint density at radius 1 is 1.20 bits per heavy atom. The third-order valence-electron chi connectivity index (χ3n) is 2.75. The number of amides is 1. The molecule has 0 aliphatic rings. The quantitative estimate of drug-likeness (QED) is 0.740. The Bertz CT molecular complexity index is 720. The molecule has 0 fully saturated rings. The van der Waals surface area contributed by atoms with Gasteiger partial charge in [0.05, 0.1) is 21.2 Å². The second kappa shape index (κ2) is 6.07. The van der Waals surface area contributed by atoms with Gasteiger partial charge in [-0.3, -0.25) is 9.78 Å². The molecule has 3 rings (SSSR count). The number of pyridine rings is 1. The fraction of sp³-hybridized carbons (Fsp3) is 0.0667. The largest absolute Gasteiger partial charge is 0.323 e. The van der Waals surface area contributed by atoms with E-state index in [9.17, 15) is 4.79 Å². The van der Waals surface area contributed by atoms with E-state index in [2.05, 4.69) is 10.3 Å². The first-order valence-corrected chi connectivity index (χ1v) is 7.99. The lowest BCUT2D eigenvalue weighted by Gasteiger charge is -2.07. The van der Waals surface area contributed by atoms with Crippen LogP contribution >= 0.6 is 23.1 Å². The van der Waals surface area contributed by atoms with Gasteiger partial charge in [0.25, 0.3) is 0 Å². The summed E-state index contributed by atoms with van der Waals surface area (Å²) in [6, 6.07) is 13.7. The molecule has 0 radical (unpaired) electrons.